The first-order valence-electron chi connectivity index (χ1n) is 12.8. The number of aromatic carboxylic acids is 1. The summed E-state index contributed by atoms with van der Waals surface area (Å²) in [4.78, 5) is 28.4. The number of hydrogen-bond donors (Lipinski definition) is 1. The summed E-state index contributed by atoms with van der Waals surface area (Å²) < 4.78 is 4.27. The molecule has 0 bridgehead atoms. The van der Waals surface area contributed by atoms with E-state index in [4.69, 9.17) is 0 Å². The van der Waals surface area contributed by atoms with Crippen LogP contribution in [0.1, 0.15) is 44.7 Å². The van der Waals surface area contributed by atoms with Gasteiger partial charge in [0.05, 0.1) is 11.1 Å². The zero-order valence-electron chi connectivity index (χ0n) is 22.1. The van der Waals surface area contributed by atoms with Gasteiger partial charge < -0.3 is 14.1 Å². The van der Waals surface area contributed by atoms with E-state index in [0.717, 1.165) is 23.1 Å². The van der Waals surface area contributed by atoms with Crippen LogP contribution in [0.3, 0.4) is 0 Å². The first-order valence-corrected chi connectivity index (χ1v) is 12.8. The van der Waals surface area contributed by atoms with Gasteiger partial charge in [0.2, 0.25) is 5.78 Å². The molecule has 0 amide bonds. The van der Waals surface area contributed by atoms with Crippen LogP contribution in [-0.4, -0.2) is 30.8 Å². The van der Waals surface area contributed by atoms with Crippen LogP contribution in [0.25, 0.3) is 27.5 Å². The van der Waals surface area contributed by atoms with Gasteiger partial charge in [-0.1, -0.05) is 54.6 Å². The van der Waals surface area contributed by atoms with Gasteiger partial charge in [-0.25, -0.2) is 4.79 Å². The number of ketones is 1. The molecule has 0 spiro atoms. The van der Waals surface area contributed by atoms with Crippen molar-refractivity contribution in [2.24, 2.45) is 0 Å². The van der Waals surface area contributed by atoms with Crippen molar-refractivity contribution in [3.8, 4) is 11.1 Å². The molecule has 6 nitrogen and oxygen atoms in total. The Hall–Kier alpha value is -4.97. The molecule has 0 unspecified atom stereocenters. The molecular weight excluding hydrogens is 486 g/mol. The van der Waals surface area contributed by atoms with Gasteiger partial charge in [0.25, 0.3) is 0 Å². The summed E-state index contributed by atoms with van der Waals surface area (Å²) in [6, 6.07) is 29.6. The maximum absolute atomic E-state index is 13.0. The van der Waals surface area contributed by atoms with Crippen molar-refractivity contribution in [1.82, 2.24) is 14.0 Å². The first-order chi connectivity index (χ1) is 18.9. The highest BCUT2D eigenvalue weighted by Crippen LogP contribution is 2.28. The SMILES string of the molecule is CCn1c(C)c(C(=O)c2ncccc2C(=O)O)c2ccccc21.Cc1cccc2cc(-c3ccccc3)cn12. The summed E-state index contributed by atoms with van der Waals surface area (Å²) in [5.41, 5.74) is 7.25. The second kappa shape index (κ2) is 10.8. The van der Waals surface area contributed by atoms with Crippen molar-refractivity contribution in [3.05, 3.63) is 132 Å². The molecule has 0 saturated heterocycles. The predicted molar refractivity (Wildman–Crippen MR) is 155 cm³/mol. The van der Waals surface area contributed by atoms with Crippen molar-refractivity contribution in [3.63, 3.8) is 0 Å². The number of pyridine rings is 2. The molecule has 0 aliphatic heterocycles. The molecule has 0 radical (unpaired) electrons. The molecule has 4 heterocycles. The van der Waals surface area contributed by atoms with Gasteiger partial charge in [-0.2, -0.15) is 0 Å². The van der Waals surface area contributed by atoms with Crippen molar-refractivity contribution in [2.45, 2.75) is 27.3 Å². The molecule has 1 N–H and O–H groups in total. The van der Waals surface area contributed by atoms with Gasteiger partial charge in [-0.3, -0.25) is 9.78 Å². The van der Waals surface area contributed by atoms with E-state index in [-0.39, 0.29) is 17.0 Å². The third-order valence-corrected chi connectivity index (χ3v) is 6.97. The number of carboxylic acids is 1. The molecule has 0 atom stereocenters. The number of benzene rings is 2. The number of fused-ring (bicyclic) bond motifs is 2. The lowest BCUT2D eigenvalue weighted by molar-refractivity contribution is 0.0692. The van der Waals surface area contributed by atoms with E-state index in [1.54, 1.807) is 0 Å². The Kier molecular flexibility index (Phi) is 7.10. The summed E-state index contributed by atoms with van der Waals surface area (Å²) in [7, 11) is 0. The fraction of sp³-hybridized carbons (Fsp3) is 0.121. The molecular formula is C33H29N3O3. The number of carbonyl (C=O) groups excluding carboxylic acids is 1. The van der Waals surface area contributed by atoms with Crippen molar-refractivity contribution >= 4 is 28.2 Å². The van der Waals surface area contributed by atoms with E-state index in [2.05, 4.69) is 71.0 Å². The van der Waals surface area contributed by atoms with Crippen LogP contribution in [0.15, 0.2) is 103 Å². The van der Waals surface area contributed by atoms with Crippen LogP contribution in [0.4, 0.5) is 0 Å². The molecule has 6 aromatic rings. The average molecular weight is 516 g/mol. The van der Waals surface area contributed by atoms with Crippen LogP contribution < -0.4 is 0 Å². The monoisotopic (exact) mass is 515 g/mol. The molecule has 39 heavy (non-hydrogen) atoms. The molecule has 0 aliphatic carbocycles. The topological polar surface area (TPSA) is 76.6 Å². The molecule has 6 heteroatoms. The summed E-state index contributed by atoms with van der Waals surface area (Å²) in [5.74, 6) is -1.51. The smallest absolute Gasteiger partial charge is 0.338 e. The molecule has 194 valence electrons. The van der Waals surface area contributed by atoms with E-state index in [1.807, 2.05) is 48.7 Å². The molecule has 4 aromatic heterocycles. The standard InChI is InChI=1S/C18H16N2O3.C15H13N/c1-3-20-11(2)15(12-7-4-5-9-14(12)20)17(21)16-13(18(22)23)8-6-10-19-16;1-12-6-5-9-15-10-14(11-16(12)15)13-7-3-2-4-8-13/h4-10H,3H2,1-2H3,(H,22,23);2-11H,1H3. The van der Waals surface area contributed by atoms with Crippen molar-refractivity contribution in [1.29, 1.82) is 0 Å². The fourth-order valence-electron chi connectivity index (χ4n) is 5.07. The van der Waals surface area contributed by atoms with Crippen LogP contribution in [0.2, 0.25) is 0 Å². The minimum absolute atomic E-state index is 0.0258. The Bertz CT molecular complexity index is 1810. The third-order valence-electron chi connectivity index (χ3n) is 6.97. The largest absolute Gasteiger partial charge is 0.478 e. The number of para-hydroxylation sites is 1. The molecule has 0 aliphatic rings. The second-order valence-electron chi connectivity index (χ2n) is 9.31. The number of carboxylic acid groups (broad SMARTS) is 1. The molecule has 0 saturated carbocycles. The summed E-state index contributed by atoms with van der Waals surface area (Å²) in [6.07, 6.45) is 3.63. The highest BCUT2D eigenvalue weighted by molar-refractivity contribution is 6.19. The Labute approximate surface area is 226 Å². The normalized spacial score (nSPS) is 10.8. The maximum Gasteiger partial charge on any atom is 0.338 e. The predicted octanol–water partition coefficient (Wildman–Crippen LogP) is 7.21. The number of carbonyl (C=O) groups is 2. The van der Waals surface area contributed by atoms with Gasteiger partial charge >= 0.3 is 5.97 Å². The number of nitrogens with zero attached hydrogens (tertiary/aromatic N) is 3. The fourth-order valence-corrected chi connectivity index (χ4v) is 5.07. The van der Waals surface area contributed by atoms with Gasteiger partial charge in [0, 0.05) is 52.3 Å². The second-order valence-corrected chi connectivity index (χ2v) is 9.31. The number of hydrogen-bond acceptors (Lipinski definition) is 3. The van der Waals surface area contributed by atoms with Crippen LogP contribution in [0.5, 0.6) is 0 Å². The lowest BCUT2D eigenvalue weighted by Gasteiger charge is -2.06. The Balaban J connectivity index is 0.000000168. The van der Waals surface area contributed by atoms with Gasteiger partial charge in [-0.15, -0.1) is 0 Å². The van der Waals surface area contributed by atoms with E-state index < -0.39 is 5.97 Å². The molecule has 6 rings (SSSR count). The quantitative estimate of drug-likeness (QED) is 0.246. The lowest BCUT2D eigenvalue weighted by Crippen LogP contribution is -2.13. The summed E-state index contributed by atoms with van der Waals surface area (Å²) in [5, 5.41) is 10.1. The van der Waals surface area contributed by atoms with Gasteiger partial charge in [-0.05, 0) is 62.7 Å². The minimum atomic E-state index is -1.15. The van der Waals surface area contributed by atoms with E-state index >= 15 is 0 Å². The molecule has 0 fully saturated rings. The van der Waals surface area contributed by atoms with Crippen LogP contribution >= 0.6 is 0 Å². The van der Waals surface area contributed by atoms with Crippen LogP contribution in [0, 0.1) is 13.8 Å². The highest BCUT2D eigenvalue weighted by Gasteiger charge is 2.25. The zero-order chi connectivity index (χ0) is 27.5. The van der Waals surface area contributed by atoms with Crippen molar-refractivity contribution < 1.29 is 14.7 Å². The van der Waals surface area contributed by atoms with Crippen molar-refractivity contribution in [2.75, 3.05) is 0 Å². The average Bonchev–Trinajstić information content (AvgIpc) is 3.53. The Morgan fingerprint density at radius 1 is 0.846 bits per heavy atom. The van der Waals surface area contributed by atoms with E-state index in [0.29, 0.717) is 5.56 Å². The zero-order valence-corrected chi connectivity index (χ0v) is 22.1. The van der Waals surface area contributed by atoms with E-state index in [9.17, 15) is 14.7 Å². The Morgan fingerprint density at radius 2 is 1.59 bits per heavy atom. The number of rotatable bonds is 5. The third kappa shape index (κ3) is 4.84. The maximum atomic E-state index is 13.0. The first kappa shape index (κ1) is 25.7. The Morgan fingerprint density at radius 3 is 2.31 bits per heavy atom. The molecule has 2 aromatic carbocycles. The number of aromatic nitrogens is 3. The summed E-state index contributed by atoms with van der Waals surface area (Å²) in [6.45, 7) is 6.74. The summed E-state index contributed by atoms with van der Waals surface area (Å²) >= 11 is 0. The van der Waals surface area contributed by atoms with Crippen LogP contribution in [-0.2, 0) is 6.54 Å². The van der Waals surface area contributed by atoms with Gasteiger partial charge in [0.1, 0.15) is 5.69 Å². The highest BCUT2D eigenvalue weighted by atomic mass is 16.4. The minimum Gasteiger partial charge on any atom is -0.478 e. The lowest BCUT2D eigenvalue weighted by atomic mass is 10.0. The van der Waals surface area contributed by atoms with Gasteiger partial charge in [0.15, 0.2) is 0 Å². The number of aryl methyl sites for hydroxylation is 2. The van der Waals surface area contributed by atoms with E-state index in [1.165, 1.54) is 40.7 Å².